The van der Waals surface area contributed by atoms with Crippen LogP contribution in [0.3, 0.4) is 0 Å². The highest BCUT2D eigenvalue weighted by atomic mass is 19.1. The summed E-state index contributed by atoms with van der Waals surface area (Å²) in [5.41, 5.74) is -0.326. The van der Waals surface area contributed by atoms with Gasteiger partial charge in [-0.05, 0) is 17.7 Å². The molecule has 0 bridgehead atoms. The second kappa shape index (κ2) is 7.06. The Bertz CT molecular complexity index is 1140. The van der Waals surface area contributed by atoms with Gasteiger partial charge in [-0.2, -0.15) is 0 Å². The number of nitrogens with zero attached hydrogens (tertiary/aromatic N) is 4. The molecule has 1 aromatic carbocycles. The third-order valence-electron chi connectivity index (χ3n) is 4.13. The quantitative estimate of drug-likeness (QED) is 0.595. The van der Waals surface area contributed by atoms with Gasteiger partial charge in [0.05, 0.1) is 13.4 Å². The minimum atomic E-state index is -0.638. The standard InChI is InChI=1S/C17H17FN4O5/c1-20-15-14(16(24)21(2)17(20)25)22(9-19-15)7-13(23)27-8-10-4-5-12(26-3)11(18)6-10/h4-6,9H,7-8H2,1-3H3. The van der Waals surface area contributed by atoms with Gasteiger partial charge in [0.15, 0.2) is 22.7 Å². The molecule has 0 fully saturated rings. The summed E-state index contributed by atoms with van der Waals surface area (Å²) in [6.45, 7) is -0.411. The lowest BCUT2D eigenvalue weighted by atomic mass is 10.2. The lowest BCUT2D eigenvalue weighted by Gasteiger charge is -2.08. The maximum absolute atomic E-state index is 13.7. The van der Waals surface area contributed by atoms with E-state index in [1.807, 2.05) is 0 Å². The Balaban J connectivity index is 1.78. The van der Waals surface area contributed by atoms with E-state index in [4.69, 9.17) is 9.47 Å². The van der Waals surface area contributed by atoms with Crippen LogP contribution in [0.25, 0.3) is 11.2 Å². The van der Waals surface area contributed by atoms with Crippen LogP contribution in [0.5, 0.6) is 5.75 Å². The van der Waals surface area contributed by atoms with E-state index in [1.165, 1.54) is 48.8 Å². The number of fused-ring (bicyclic) bond motifs is 1. The van der Waals surface area contributed by atoms with Crippen molar-refractivity contribution in [1.29, 1.82) is 0 Å². The van der Waals surface area contributed by atoms with Gasteiger partial charge >= 0.3 is 11.7 Å². The molecule has 0 aliphatic rings. The van der Waals surface area contributed by atoms with Crippen LogP contribution >= 0.6 is 0 Å². The van der Waals surface area contributed by atoms with Crippen LogP contribution in [0.1, 0.15) is 5.56 Å². The molecular formula is C17H17FN4O5. The molecule has 0 N–H and O–H groups in total. The van der Waals surface area contributed by atoms with Crippen molar-refractivity contribution in [3.05, 3.63) is 56.7 Å². The van der Waals surface area contributed by atoms with Crippen molar-refractivity contribution < 1.29 is 18.7 Å². The van der Waals surface area contributed by atoms with Gasteiger partial charge in [-0.3, -0.25) is 18.7 Å². The second-order valence-corrected chi connectivity index (χ2v) is 5.88. The molecule has 3 aromatic rings. The molecule has 9 nitrogen and oxygen atoms in total. The number of rotatable bonds is 5. The van der Waals surface area contributed by atoms with Crippen molar-refractivity contribution in [1.82, 2.24) is 18.7 Å². The summed E-state index contributed by atoms with van der Waals surface area (Å²) in [6, 6.07) is 4.23. The summed E-state index contributed by atoms with van der Waals surface area (Å²) in [6.07, 6.45) is 1.29. The molecule has 27 heavy (non-hydrogen) atoms. The first-order valence-electron chi connectivity index (χ1n) is 7.92. The van der Waals surface area contributed by atoms with E-state index in [-0.39, 0.29) is 30.1 Å². The molecule has 0 amide bonds. The smallest absolute Gasteiger partial charge is 0.332 e. The molecule has 2 heterocycles. The summed E-state index contributed by atoms with van der Waals surface area (Å²) in [5, 5.41) is 0. The number of hydrogen-bond acceptors (Lipinski definition) is 6. The topological polar surface area (TPSA) is 97.3 Å². The number of methoxy groups -OCH3 is 1. The molecule has 10 heteroatoms. The fourth-order valence-electron chi connectivity index (χ4n) is 2.67. The van der Waals surface area contributed by atoms with E-state index in [2.05, 4.69) is 4.98 Å². The summed E-state index contributed by atoms with van der Waals surface area (Å²) >= 11 is 0. The largest absolute Gasteiger partial charge is 0.494 e. The fourth-order valence-corrected chi connectivity index (χ4v) is 2.67. The highest BCUT2D eigenvalue weighted by Gasteiger charge is 2.16. The van der Waals surface area contributed by atoms with Crippen LogP contribution in [0.2, 0.25) is 0 Å². The van der Waals surface area contributed by atoms with E-state index in [9.17, 15) is 18.8 Å². The first-order chi connectivity index (χ1) is 12.8. The highest BCUT2D eigenvalue weighted by molar-refractivity contribution is 5.75. The minimum Gasteiger partial charge on any atom is -0.494 e. The van der Waals surface area contributed by atoms with Gasteiger partial charge in [-0.1, -0.05) is 6.07 Å². The Morgan fingerprint density at radius 3 is 2.63 bits per heavy atom. The highest BCUT2D eigenvalue weighted by Crippen LogP contribution is 2.18. The van der Waals surface area contributed by atoms with Gasteiger partial charge in [-0.15, -0.1) is 0 Å². The molecule has 0 aliphatic heterocycles. The van der Waals surface area contributed by atoms with E-state index < -0.39 is 23.0 Å². The molecule has 3 rings (SSSR count). The average Bonchev–Trinajstić information content (AvgIpc) is 3.06. The third kappa shape index (κ3) is 3.33. The van der Waals surface area contributed by atoms with Gasteiger partial charge in [0.25, 0.3) is 5.56 Å². The predicted octanol–water partition coefficient (Wildman–Crippen LogP) is 0.325. The van der Waals surface area contributed by atoms with Crippen LogP contribution in [0.4, 0.5) is 4.39 Å². The zero-order chi connectivity index (χ0) is 19.7. The predicted molar refractivity (Wildman–Crippen MR) is 93.0 cm³/mol. The molecule has 0 saturated heterocycles. The van der Waals surface area contributed by atoms with Gasteiger partial charge in [0, 0.05) is 14.1 Å². The Hall–Kier alpha value is -3.43. The summed E-state index contributed by atoms with van der Waals surface area (Å²) in [7, 11) is 4.18. The number of halogens is 1. The molecule has 0 radical (unpaired) electrons. The Kier molecular flexibility index (Phi) is 4.80. The molecule has 0 unspecified atom stereocenters. The van der Waals surface area contributed by atoms with Gasteiger partial charge in [0.1, 0.15) is 13.2 Å². The zero-order valence-corrected chi connectivity index (χ0v) is 14.9. The molecule has 0 aliphatic carbocycles. The monoisotopic (exact) mass is 376 g/mol. The van der Waals surface area contributed by atoms with Crippen molar-refractivity contribution in [2.24, 2.45) is 14.1 Å². The number of aromatic nitrogens is 4. The average molecular weight is 376 g/mol. The van der Waals surface area contributed by atoms with Crippen LogP contribution in [-0.2, 0) is 36.8 Å². The number of carbonyl (C=O) groups excluding carboxylic acids is 1. The van der Waals surface area contributed by atoms with Gasteiger partial charge in [-0.25, -0.2) is 14.2 Å². The molecule has 0 saturated carbocycles. The summed E-state index contributed by atoms with van der Waals surface area (Å²) < 4.78 is 27.1. The second-order valence-electron chi connectivity index (χ2n) is 5.88. The molecule has 0 spiro atoms. The van der Waals surface area contributed by atoms with Crippen molar-refractivity contribution in [3.63, 3.8) is 0 Å². The van der Waals surface area contributed by atoms with Crippen molar-refractivity contribution in [2.45, 2.75) is 13.2 Å². The number of benzene rings is 1. The van der Waals surface area contributed by atoms with E-state index in [0.717, 1.165) is 4.57 Å². The fraction of sp³-hybridized carbons (Fsp3) is 0.294. The summed E-state index contributed by atoms with van der Waals surface area (Å²) in [4.78, 5) is 40.4. The normalized spacial score (nSPS) is 11.0. The number of ether oxygens (including phenoxy) is 2. The molecular weight excluding hydrogens is 359 g/mol. The van der Waals surface area contributed by atoms with Crippen molar-refractivity contribution in [2.75, 3.05) is 7.11 Å². The number of esters is 1. The third-order valence-corrected chi connectivity index (χ3v) is 4.13. The Labute approximate surface area is 152 Å². The van der Waals surface area contributed by atoms with E-state index >= 15 is 0 Å². The number of aryl methyl sites for hydroxylation is 1. The first kappa shape index (κ1) is 18.4. The maximum atomic E-state index is 13.7. The molecule has 0 atom stereocenters. The minimum absolute atomic E-state index is 0.0939. The first-order valence-corrected chi connectivity index (χ1v) is 7.92. The van der Waals surface area contributed by atoms with Crippen LogP contribution in [-0.4, -0.2) is 31.8 Å². The number of hydrogen-bond donors (Lipinski definition) is 0. The van der Waals surface area contributed by atoms with Gasteiger partial charge < -0.3 is 14.0 Å². The van der Waals surface area contributed by atoms with Crippen molar-refractivity contribution in [3.8, 4) is 5.75 Å². The lowest BCUT2D eigenvalue weighted by Crippen LogP contribution is -2.37. The van der Waals surface area contributed by atoms with E-state index in [1.54, 1.807) is 6.07 Å². The molecule has 2 aromatic heterocycles. The maximum Gasteiger partial charge on any atom is 0.332 e. The Morgan fingerprint density at radius 2 is 1.96 bits per heavy atom. The zero-order valence-electron chi connectivity index (χ0n) is 14.9. The lowest BCUT2D eigenvalue weighted by molar-refractivity contribution is -0.145. The van der Waals surface area contributed by atoms with Gasteiger partial charge in [0.2, 0.25) is 0 Å². The van der Waals surface area contributed by atoms with Crippen LogP contribution in [0, 0.1) is 5.82 Å². The van der Waals surface area contributed by atoms with E-state index in [0.29, 0.717) is 5.56 Å². The SMILES string of the molecule is COc1ccc(COC(=O)Cn2cnc3c2c(=O)n(C)c(=O)n3C)cc1F. The van der Waals surface area contributed by atoms with Crippen molar-refractivity contribution >= 4 is 17.1 Å². The Morgan fingerprint density at radius 1 is 1.22 bits per heavy atom. The van der Waals surface area contributed by atoms with Crippen LogP contribution in [0.15, 0.2) is 34.1 Å². The summed E-state index contributed by atoms with van der Waals surface area (Å²) in [5.74, 6) is -1.10. The molecule has 142 valence electrons. The van der Waals surface area contributed by atoms with Crippen LogP contribution < -0.4 is 16.0 Å². The number of carbonyl (C=O) groups is 1. The number of imidazole rings is 1.